The van der Waals surface area contributed by atoms with Crippen LogP contribution in [0.5, 0.6) is 0 Å². The molecule has 0 aromatic heterocycles. The summed E-state index contributed by atoms with van der Waals surface area (Å²) in [7, 11) is 0. The summed E-state index contributed by atoms with van der Waals surface area (Å²) in [6, 6.07) is 16.3. The van der Waals surface area contributed by atoms with Crippen molar-refractivity contribution >= 4 is 0 Å². The van der Waals surface area contributed by atoms with Gasteiger partial charge in [-0.05, 0) is 46.9 Å². The third-order valence-electron chi connectivity index (χ3n) is 3.85. The summed E-state index contributed by atoms with van der Waals surface area (Å²) in [6.07, 6.45) is 1.34. The van der Waals surface area contributed by atoms with E-state index in [0.717, 1.165) is 24.0 Å². The minimum absolute atomic E-state index is 0.641. The SMILES string of the molecule is CC(C)Cc1ccc(C([O])c2ccc(CC(C)C)cc2)cc1. The van der Waals surface area contributed by atoms with E-state index < -0.39 is 6.10 Å². The maximum Gasteiger partial charge on any atom is 0.143 e. The first-order chi connectivity index (χ1) is 10.5. The molecule has 2 aromatic carbocycles. The highest BCUT2D eigenvalue weighted by atomic mass is 16.3. The quantitative estimate of drug-likeness (QED) is 0.660. The van der Waals surface area contributed by atoms with Crippen molar-refractivity contribution in [3.8, 4) is 0 Å². The standard InChI is InChI=1S/C21H27O/c1-15(2)13-17-5-9-19(10-6-17)21(22)20-11-7-18(8-12-20)14-16(3)4/h5-12,15-16,21H,13-14H2,1-4H3. The Morgan fingerprint density at radius 1 is 0.636 bits per heavy atom. The lowest BCUT2D eigenvalue weighted by molar-refractivity contribution is 0.124. The second-order valence-electron chi connectivity index (χ2n) is 7.06. The fourth-order valence-corrected chi connectivity index (χ4v) is 2.79. The Hall–Kier alpha value is -1.60. The van der Waals surface area contributed by atoms with E-state index in [2.05, 4.69) is 52.0 Å². The van der Waals surface area contributed by atoms with Crippen LogP contribution in [0.3, 0.4) is 0 Å². The zero-order chi connectivity index (χ0) is 16.1. The second kappa shape index (κ2) is 7.60. The molecule has 2 rings (SSSR count). The molecule has 117 valence electrons. The van der Waals surface area contributed by atoms with Gasteiger partial charge in [-0.25, -0.2) is 5.11 Å². The molecule has 0 heterocycles. The van der Waals surface area contributed by atoms with Crippen LogP contribution in [-0.4, -0.2) is 0 Å². The molecule has 0 N–H and O–H groups in total. The molecule has 0 aliphatic heterocycles. The number of hydrogen-bond acceptors (Lipinski definition) is 0. The Balaban J connectivity index is 2.08. The van der Waals surface area contributed by atoms with Crippen LogP contribution in [-0.2, 0) is 17.9 Å². The summed E-state index contributed by atoms with van der Waals surface area (Å²) in [5, 5.41) is 12.6. The average molecular weight is 295 g/mol. The highest BCUT2D eigenvalue weighted by Crippen LogP contribution is 2.24. The van der Waals surface area contributed by atoms with Gasteiger partial charge in [0.05, 0.1) is 0 Å². The largest absolute Gasteiger partial charge is 0.223 e. The molecule has 0 saturated heterocycles. The molecule has 0 atom stereocenters. The van der Waals surface area contributed by atoms with E-state index in [4.69, 9.17) is 0 Å². The van der Waals surface area contributed by atoms with Gasteiger partial charge in [0.1, 0.15) is 6.10 Å². The van der Waals surface area contributed by atoms with Gasteiger partial charge in [0.15, 0.2) is 0 Å². The van der Waals surface area contributed by atoms with Crippen molar-refractivity contribution in [2.45, 2.75) is 46.6 Å². The Bertz CT molecular complexity index is 510. The minimum atomic E-state index is -0.791. The summed E-state index contributed by atoms with van der Waals surface area (Å²) < 4.78 is 0. The van der Waals surface area contributed by atoms with Gasteiger partial charge < -0.3 is 0 Å². The van der Waals surface area contributed by atoms with Gasteiger partial charge in [0.2, 0.25) is 0 Å². The summed E-state index contributed by atoms with van der Waals surface area (Å²) in [6.45, 7) is 8.85. The number of benzene rings is 2. The molecule has 1 heteroatoms. The van der Waals surface area contributed by atoms with E-state index in [1.807, 2.05) is 24.3 Å². The van der Waals surface area contributed by atoms with Crippen LogP contribution < -0.4 is 0 Å². The highest BCUT2D eigenvalue weighted by molar-refractivity contribution is 5.33. The van der Waals surface area contributed by atoms with Gasteiger partial charge in [-0.2, -0.15) is 0 Å². The van der Waals surface area contributed by atoms with Gasteiger partial charge >= 0.3 is 0 Å². The first-order valence-electron chi connectivity index (χ1n) is 8.29. The summed E-state index contributed by atoms with van der Waals surface area (Å²) in [5.74, 6) is 1.28. The molecule has 1 radical (unpaired) electrons. The normalized spacial score (nSPS) is 11.6. The fraction of sp³-hybridized carbons (Fsp3) is 0.429. The minimum Gasteiger partial charge on any atom is -0.223 e. The van der Waals surface area contributed by atoms with Crippen molar-refractivity contribution in [2.24, 2.45) is 11.8 Å². The molecule has 0 amide bonds. The van der Waals surface area contributed by atoms with Crippen molar-refractivity contribution in [2.75, 3.05) is 0 Å². The van der Waals surface area contributed by atoms with Crippen molar-refractivity contribution in [3.63, 3.8) is 0 Å². The van der Waals surface area contributed by atoms with Crippen LogP contribution in [0.4, 0.5) is 0 Å². The van der Waals surface area contributed by atoms with Crippen molar-refractivity contribution in [1.82, 2.24) is 0 Å². The predicted molar refractivity (Wildman–Crippen MR) is 92.5 cm³/mol. The Morgan fingerprint density at radius 2 is 0.955 bits per heavy atom. The van der Waals surface area contributed by atoms with Crippen molar-refractivity contribution in [3.05, 3.63) is 70.8 Å². The average Bonchev–Trinajstić information content (AvgIpc) is 2.47. The lowest BCUT2D eigenvalue weighted by Crippen LogP contribution is -2.00. The smallest absolute Gasteiger partial charge is 0.143 e. The van der Waals surface area contributed by atoms with E-state index >= 15 is 0 Å². The topological polar surface area (TPSA) is 19.9 Å². The summed E-state index contributed by atoms with van der Waals surface area (Å²) in [5.41, 5.74) is 4.31. The molecule has 0 saturated carbocycles. The van der Waals surface area contributed by atoms with Crippen LogP contribution in [0.25, 0.3) is 0 Å². The molecule has 1 nitrogen and oxygen atoms in total. The van der Waals surface area contributed by atoms with Crippen LogP contribution >= 0.6 is 0 Å². The zero-order valence-corrected chi connectivity index (χ0v) is 14.2. The Labute approximate surface area is 135 Å². The number of hydrogen-bond donors (Lipinski definition) is 0. The molecule has 0 bridgehead atoms. The molecule has 0 aliphatic carbocycles. The number of rotatable bonds is 6. The Morgan fingerprint density at radius 3 is 1.23 bits per heavy atom. The first-order valence-corrected chi connectivity index (χ1v) is 8.29. The summed E-state index contributed by atoms with van der Waals surface area (Å²) >= 11 is 0. The molecule has 0 unspecified atom stereocenters. The van der Waals surface area contributed by atoms with Gasteiger partial charge in [0, 0.05) is 0 Å². The first kappa shape index (κ1) is 16.8. The maximum absolute atomic E-state index is 12.6. The van der Waals surface area contributed by atoms with E-state index in [9.17, 15) is 5.11 Å². The van der Waals surface area contributed by atoms with Gasteiger partial charge in [0.25, 0.3) is 0 Å². The molecular formula is C21H27O. The third-order valence-corrected chi connectivity index (χ3v) is 3.85. The lowest BCUT2D eigenvalue weighted by Gasteiger charge is -2.12. The molecule has 0 aliphatic rings. The predicted octanol–water partition coefficient (Wildman–Crippen LogP) is 5.60. The molecule has 0 spiro atoms. The van der Waals surface area contributed by atoms with Gasteiger partial charge in [-0.15, -0.1) is 0 Å². The second-order valence-corrected chi connectivity index (χ2v) is 7.06. The highest BCUT2D eigenvalue weighted by Gasteiger charge is 2.12. The third kappa shape index (κ3) is 4.71. The van der Waals surface area contributed by atoms with Crippen LogP contribution in [0.2, 0.25) is 0 Å². The van der Waals surface area contributed by atoms with Crippen LogP contribution in [0, 0.1) is 11.8 Å². The molecular weight excluding hydrogens is 268 g/mol. The van der Waals surface area contributed by atoms with E-state index in [1.165, 1.54) is 11.1 Å². The van der Waals surface area contributed by atoms with Crippen LogP contribution in [0.1, 0.15) is 56.1 Å². The fourth-order valence-electron chi connectivity index (χ4n) is 2.79. The van der Waals surface area contributed by atoms with Gasteiger partial charge in [-0.3, -0.25) is 0 Å². The van der Waals surface area contributed by atoms with E-state index in [1.54, 1.807) is 0 Å². The lowest BCUT2D eigenvalue weighted by atomic mass is 9.96. The molecule has 22 heavy (non-hydrogen) atoms. The molecule has 0 fully saturated rings. The maximum atomic E-state index is 12.6. The van der Waals surface area contributed by atoms with Crippen molar-refractivity contribution in [1.29, 1.82) is 0 Å². The Kier molecular flexibility index (Phi) is 5.79. The monoisotopic (exact) mass is 295 g/mol. The van der Waals surface area contributed by atoms with Crippen molar-refractivity contribution < 1.29 is 5.11 Å². The van der Waals surface area contributed by atoms with E-state index in [0.29, 0.717) is 11.8 Å². The van der Waals surface area contributed by atoms with E-state index in [-0.39, 0.29) is 0 Å². The molecule has 2 aromatic rings. The zero-order valence-electron chi connectivity index (χ0n) is 14.2. The van der Waals surface area contributed by atoms with Gasteiger partial charge in [-0.1, -0.05) is 76.2 Å². The summed E-state index contributed by atoms with van der Waals surface area (Å²) in [4.78, 5) is 0. The van der Waals surface area contributed by atoms with Crippen LogP contribution in [0.15, 0.2) is 48.5 Å².